The number of para-hydroxylation sites is 3. The Morgan fingerprint density at radius 2 is 0.859 bits per heavy atom. The third-order valence-electron chi connectivity index (χ3n) is 14.0. The standard InChI is InChI=1S/C61H38N2O/c1-2-14-41(15-3-1)63-57-24-12-7-19-49(57)51-36-40(28-34-58(51)63)39-26-29-42(30-27-39)62(43-32-35-60-52(37-43)50-20-8-13-25-59(50)64-60)44-31-33-48-47-18-6-11-23-55(47)61(56(48)38-44)53-21-9-4-16-45(53)46-17-5-10-22-54(46)61/h1-38H. The molecule has 1 spiro atoms. The first-order valence-corrected chi connectivity index (χ1v) is 22.1. The summed E-state index contributed by atoms with van der Waals surface area (Å²) in [5.74, 6) is 0. The largest absolute Gasteiger partial charge is 0.456 e. The lowest BCUT2D eigenvalue weighted by atomic mass is 9.70. The molecular formula is C61H38N2O. The second kappa shape index (κ2) is 13.3. The van der Waals surface area contributed by atoms with Gasteiger partial charge in [-0.1, -0.05) is 152 Å². The molecule has 2 aliphatic rings. The van der Waals surface area contributed by atoms with Crippen LogP contribution in [0.3, 0.4) is 0 Å². The van der Waals surface area contributed by atoms with Gasteiger partial charge in [0.05, 0.1) is 16.4 Å². The van der Waals surface area contributed by atoms with Crippen molar-refractivity contribution in [1.29, 1.82) is 0 Å². The van der Waals surface area contributed by atoms with E-state index in [-0.39, 0.29) is 0 Å². The second-order valence-electron chi connectivity index (χ2n) is 17.2. The molecule has 12 aromatic rings. The lowest BCUT2D eigenvalue weighted by Crippen LogP contribution is -2.26. The van der Waals surface area contributed by atoms with Crippen molar-refractivity contribution in [2.45, 2.75) is 5.41 Å². The van der Waals surface area contributed by atoms with Gasteiger partial charge in [-0.2, -0.15) is 0 Å². The first-order chi connectivity index (χ1) is 31.7. The molecule has 0 radical (unpaired) electrons. The quantitative estimate of drug-likeness (QED) is 0.173. The lowest BCUT2D eigenvalue weighted by molar-refractivity contribution is 0.669. The summed E-state index contributed by atoms with van der Waals surface area (Å²) in [5, 5.41) is 4.70. The molecule has 3 nitrogen and oxygen atoms in total. The maximum absolute atomic E-state index is 6.35. The van der Waals surface area contributed by atoms with Gasteiger partial charge >= 0.3 is 0 Å². The summed E-state index contributed by atoms with van der Waals surface area (Å²) in [7, 11) is 0. The topological polar surface area (TPSA) is 21.3 Å². The normalized spacial score (nSPS) is 13.1. The minimum absolute atomic E-state index is 0.447. The van der Waals surface area contributed by atoms with E-state index in [1.54, 1.807) is 0 Å². The van der Waals surface area contributed by atoms with Gasteiger partial charge in [0, 0.05) is 44.3 Å². The molecule has 3 heteroatoms. The van der Waals surface area contributed by atoms with Gasteiger partial charge in [0.2, 0.25) is 0 Å². The highest BCUT2D eigenvalue weighted by atomic mass is 16.3. The number of aromatic nitrogens is 1. The number of hydrogen-bond acceptors (Lipinski definition) is 2. The van der Waals surface area contributed by atoms with Crippen molar-refractivity contribution in [3.63, 3.8) is 0 Å². The highest BCUT2D eigenvalue weighted by Crippen LogP contribution is 2.63. The minimum Gasteiger partial charge on any atom is -0.456 e. The van der Waals surface area contributed by atoms with E-state index < -0.39 is 5.41 Å². The average molecular weight is 815 g/mol. The lowest BCUT2D eigenvalue weighted by Gasteiger charge is -2.32. The van der Waals surface area contributed by atoms with Crippen molar-refractivity contribution in [2.75, 3.05) is 4.90 Å². The van der Waals surface area contributed by atoms with Crippen LogP contribution >= 0.6 is 0 Å². The number of furan rings is 1. The first-order valence-electron chi connectivity index (χ1n) is 22.1. The molecule has 14 rings (SSSR count). The number of anilines is 3. The predicted molar refractivity (Wildman–Crippen MR) is 264 cm³/mol. The summed E-state index contributed by atoms with van der Waals surface area (Å²) in [4.78, 5) is 2.42. The molecule has 0 fully saturated rings. The number of fused-ring (bicyclic) bond motifs is 16. The van der Waals surface area contributed by atoms with Crippen LogP contribution in [0.15, 0.2) is 235 Å². The third kappa shape index (κ3) is 4.81. The van der Waals surface area contributed by atoms with E-state index in [9.17, 15) is 0 Å². The van der Waals surface area contributed by atoms with Crippen LogP contribution in [-0.4, -0.2) is 4.57 Å². The third-order valence-corrected chi connectivity index (χ3v) is 14.0. The Morgan fingerprint density at radius 1 is 0.328 bits per heavy atom. The molecule has 0 amide bonds. The summed E-state index contributed by atoms with van der Waals surface area (Å²) < 4.78 is 8.73. The summed E-state index contributed by atoms with van der Waals surface area (Å²) in [5.41, 5.74) is 21.0. The van der Waals surface area contributed by atoms with Crippen molar-refractivity contribution < 1.29 is 4.42 Å². The van der Waals surface area contributed by atoms with Gasteiger partial charge in [-0.25, -0.2) is 0 Å². The number of benzene rings is 10. The van der Waals surface area contributed by atoms with Gasteiger partial charge < -0.3 is 13.9 Å². The Morgan fingerprint density at radius 3 is 1.59 bits per heavy atom. The second-order valence-corrected chi connectivity index (χ2v) is 17.2. The van der Waals surface area contributed by atoms with Gasteiger partial charge in [-0.15, -0.1) is 0 Å². The first kappa shape index (κ1) is 35.2. The Balaban J connectivity index is 0.956. The summed E-state index contributed by atoms with van der Waals surface area (Å²) >= 11 is 0. The molecule has 0 aliphatic heterocycles. The van der Waals surface area contributed by atoms with Gasteiger partial charge in [0.1, 0.15) is 11.2 Å². The summed E-state index contributed by atoms with van der Waals surface area (Å²) in [6.07, 6.45) is 0. The number of hydrogen-bond donors (Lipinski definition) is 0. The van der Waals surface area contributed by atoms with Gasteiger partial charge in [0.25, 0.3) is 0 Å². The zero-order chi connectivity index (χ0) is 41.9. The Hall–Kier alpha value is -8.40. The van der Waals surface area contributed by atoms with Crippen molar-refractivity contribution in [2.24, 2.45) is 0 Å². The number of nitrogens with zero attached hydrogens (tertiary/aromatic N) is 2. The predicted octanol–water partition coefficient (Wildman–Crippen LogP) is 16.2. The van der Waals surface area contributed by atoms with Crippen LogP contribution in [-0.2, 0) is 5.41 Å². The van der Waals surface area contributed by atoms with Crippen LogP contribution in [0.4, 0.5) is 17.1 Å². The molecule has 2 heterocycles. The fourth-order valence-electron chi connectivity index (χ4n) is 11.3. The zero-order valence-corrected chi connectivity index (χ0v) is 34.7. The highest BCUT2D eigenvalue weighted by Gasteiger charge is 2.51. The van der Waals surface area contributed by atoms with E-state index in [1.165, 1.54) is 77.4 Å². The van der Waals surface area contributed by atoms with E-state index in [2.05, 4.69) is 234 Å². The van der Waals surface area contributed by atoms with Crippen molar-refractivity contribution in [3.8, 4) is 39.1 Å². The van der Waals surface area contributed by atoms with Crippen LogP contribution in [0.2, 0.25) is 0 Å². The van der Waals surface area contributed by atoms with Crippen molar-refractivity contribution in [3.05, 3.63) is 253 Å². The maximum Gasteiger partial charge on any atom is 0.135 e. The monoisotopic (exact) mass is 814 g/mol. The summed E-state index contributed by atoms with van der Waals surface area (Å²) in [6.45, 7) is 0. The molecule has 0 saturated heterocycles. The Kier molecular flexibility index (Phi) is 7.32. The average Bonchev–Trinajstić information content (AvgIpc) is 4.08. The van der Waals surface area contributed by atoms with E-state index in [1.807, 2.05) is 6.07 Å². The minimum atomic E-state index is -0.447. The van der Waals surface area contributed by atoms with Crippen LogP contribution < -0.4 is 4.90 Å². The molecule has 0 unspecified atom stereocenters. The van der Waals surface area contributed by atoms with Crippen LogP contribution in [0, 0.1) is 0 Å². The zero-order valence-electron chi connectivity index (χ0n) is 34.7. The van der Waals surface area contributed by atoms with E-state index in [0.29, 0.717) is 0 Å². The van der Waals surface area contributed by atoms with E-state index >= 15 is 0 Å². The van der Waals surface area contributed by atoms with Crippen LogP contribution in [0.25, 0.3) is 82.8 Å². The van der Waals surface area contributed by atoms with E-state index in [0.717, 1.165) is 44.7 Å². The fourth-order valence-corrected chi connectivity index (χ4v) is 11.3. The van der Waals surface area contributed by atoms with Crippen LogP contribution in [0.5, 0.6) is 0 Å². The van der Waals surface area contributed by atoms with Crippen molar-refractivity contribution in [1.82, 2.24) is 4.57 Å². The molecule has 2 aliphatic carbocycles. The smallest absolute Gasteiger partial charge is 0.135 e. The molecule has 0 N–H and O–H groups in total. The van der Waals surface area contributed by atoms with Crippen LogP contribution in [0.1, 0.15) is 22.3 Å². The molecule has 0 saturated carbocycles. The van der Waals surface area contributed by atoms with E-state index in [4.69, 9.17) is 4.42 Å². The van der Waals surface area contributed by atoms with Crippen molar-refractivity contribution >= 4 is 60.8 Å². The molecule has 10 aromatic carbocycles. The molecule has 0 atom stereocenters. The maximum atomic E-state index is 6.35. The molecule has 298 valence electrons. The SMILES string of the molecule is c1ccc(-n2c3ccccc3c3cc(-c4ccc(N(c5ccc6c(c5)C5(c7ccccc7-c7ccccc75)c5ccccc5-6)c5ccc6oc7ccccc7c6c5)cc4)ccc32)cc1. The van der Waals surface area contributed by atoms with Gasteiger partial charge in [-0.05, 0) is 134 Å². The Bertz CT molecular complexity index is 3790. The molecule has 0 bridgehead atoms. The highest BCUT2D eigenvalue weighted by molar-refractivity contribution is 6.11. The molecule has 2 aromatic heterocycles. The molecular weight excluding hydrogens is 777 g/mol. The molecule has 64 heavy (non-hydrogen) atoms. The number of rotatable bonds is 5. The van der Waals surface area contributed by atoms with Gasteiger partial charge in [-0.3, -0.25) is 0 Å². The fraction of sp³-hybridized carbons (Fsp3) is 0.0164. The summed E-state index contributed by atoms with van der Waals surface area (Å²) in [6, 6.07) is 84.6. The Labute approximate surface area is 370 Å². The van der Waals surface area contributed by atoms with Gasteiger partial charge in [0.15, 0.2) is 0 Å².